The van der Waals surface area contributed by atoms with Gasteiger partial charge in [-0.1, -0.05) is 82.7 Å². The Hall–Kier alpha value is -4.50. The molecule has 240 valence electrons. The van der Waals surface area contributed by atoms with Crippen molar-refractivity contribution in [3.8, 4) is 11.5 Å². The van der Waals surface area contributed by atoms with Gasteiger partial charge in [0.15, 0.2) is 0 Å². The SMILES string of the molecule is O=C1[C@@H]2[C@@H](CC(COc3ccccc3)=C([C@H](O)CC/C(=C/c3cc(Br)ccc3O)c3ccccc3)[C@@H]2CO)C(=O)N1c1ccccc1. The smallest absolute Gasteiger partial charge is 0.238 e. The van der Waals surface area contributed by atoms with E-state index in [-0.39, 0.29) is 37.0 Å². The van der Waals surface area contributed by atoms with E-state index in [0.717, 1.165) is 15.6 Å². The Morgan fingerprint density at radius 1 is 0.915 bits per heavy atom. The highest BCUT2D eigenvalue weighted by atomic mass is 79.9. The molecule has 0 bridgehead atoms. The number of amides is 2. The highest BCUT2D eigenvalue weighted by molar-refractivity contribution is 9.10. The molecule has 1 saturated heterocycles. The van der Waals surface area contributed by atoms with Gasteiger partial charge in [-0.05, 0) is 90.1 Å². The van der Waals surface area contributed by atoms with Gasteiger partial charge in [0.2, 0.25) is 11.8 Å². The fraction of sp³-hybridized carbons (Fsp3) is 0.231. The number of aliphatic hydroxyl groups is 2. The van der Waals surface area contributed by atoms with Gasteiger partial charge in [-0.15, -0.1) is 0 Å². The van der Waals surface area contributed by atoms with Crippen LogP contribution in [0.1, 0.15) is 30.4 Å². The largest absolute Gasteiger partial charge is 0.507 e. The van der Waals surface area contributed by atoms with Crippen molar-refractivity contribution >= 4 is 45.1 Å². The lowest BCUT2D eigenvalue weighted by Gasteiger charge is -2.36. The second-order valence-corrected chi connectivity index (χ2v) is 12.8. The number of hydrogen-bond donors (Lipinski definition) is 3. The molecule has 1 heterocycles. The molecule has 3 N–H and O–H groups in total. The number of phenols is 1. The molecule has 0 spiro atoms. The maximum atomic E-state index is 13.9. The van der Waals surface area contributed by atoms with E-state index in [0.29, 0.717) is 34.6 Å². The molecule has 4 aromatic carbocycles. The van der Waals surface area contributed by atoms with Gasteiger partial charge in [0.25, 0.3) is 0 Å². The average Bonchev–Trinajstić information content (AvgIpc) is 3.35. The number of rotatable bonds is 11. The van der Waals surface area contributed by atoms with Crippen LogP contribution in [0.3, 0.4) is 0 Å². The molecule has 7 nitrogen and oxygen atoms in total. The van der Waals surface area contributed by atoms with Crippen LogP contribution in [0.25, 0.3) is 11.6 Å². The molecule has 1 fully saturated rings. The fourth-order valence-electron chi connectivity index (χ4n) is 6.84. The lowest BCUT2D eigenvalue weighted by Crippen LogP contribution is -2.40. The van der Waals surface area contributed by atoms with Crippen molar-refractivity contribution in [1.82, 2.24) is 0 Å². The molecule has 47 heavy (non-hydrogen) atoms. The Kier molecular flexibility index (Phi) is 10.0. The molecule has 6 rings (SSSR count). The number of phenolic OH excluding ortho intramolecular Hbond substituents is 1. The fourth-order valence-corrected chi connectivity index (χ4v) is 7.22. The zero-order valence-corrected chi connectivity index (χ0v) is 27.3. The number of hydrogen-bond acceptors (Lipinski definition) is 6. The number of carbonyl (C=O) groups is 2. The molecule has 1 aliphatic heterocycles. The molecule has 1 aliphatic carbocycles. The van der Waals surface area contributed by atoms with Crippen LogP contribution in [0, 0.1) is 17.8 Å². The van der Waals surface area contributed by atoms with Crippen LogP contribution in [0.2, 0.25) is 0 Å². The van der Waals surface area contributed by atoms with E-state index in [1.54, 1.807) is 36.4 Å². The third-order valence-electron chi connectivity index (χ3n) is 9.06. The second-order valence-electron chi connectivity index (χ2n) is 11.9. The van der Waals surface area contributed by atoms with Gasteiger partial charge in [0.1, 0.15) is 18.1 Å². The van der Waals surface area contributed by atoms with Crippen LogP contribution in [0.4, 0.5) is 5.69 Å². The summed E-state index contributed by atoms with van der Waals surface area (Å²) in [5.74, 6) is -2.14. The molecule has 0 radical (unpaired) electrons. The van der Waals surface area contributed by atoms with Gasteiger partial charge in [0, 0.05) is 16.0 Å². The number of anilines is 1. The summed E-state index contributed by atoms with van der Waals surface area (Å²) in [6, 6.07) is 33.1. The predicted molar refractivity (Wildman–Crippen MR) is 185 cm³/mol. The van der Waals surface area contributed by atoms with Crippen molar-refractivity contribution < 1.29 is 29.6 Å². The van der Waals surface area contributed by atoms with Crippen molar-refractivity contribution in [3.05, 3.63) is 136 Å². The summed E-state index contributed by atoms with van der Waals surface area (Å²) in [6.45, 7) is -0.298. The van der Waals surface area contributed by atoms with Gasteiger partial charge in [-0.2, -0.15) is 0 Å². The molecule has 0 aromatic heterocycles. The molecule has 2 aliphatic rings. The van der Waals surface area contributed by atoms with E-state index in [1.165, 1.54) is 4.90 Å². The second kappa shape index (κ2) is 14.5. The summed E-state index contributed by atoms with van der Waals surface area (Å²) < 4.78 is 6.96. The van der Waals surface area contributed by atoms with Crippen molar-refractivity contribution in [3.63, 3.8) is 0 Å². The summed E-state index contributed by atoms with van der Waals surface area (Å²) in [7, 11) is 0. The highest BCUT2D eigenvalue weighted by Crippen LogP contribution is 2.47. The number of aromatic hydroxyl groups is 1. The van der Waals surface area contributed by atoms with Crippen LogP contribution in [0.15, 0.2) is 125 Å². The number of nitrogens with zero attached hydrogens (tertiary/aromatic N) is 1. The van der Waals surface area contributed by atoms with E-state index in [4.69, 9.17) is 4.74 Å². The topological polar surface area (TPSA) is 107 Å². The molecule has 0 saturated carbocycles. The van der Waals surface area contributed by atoms with Crippen LogP contribution in [-0.4, -0.2) is 46.5 Å². The molecule has 0 unspecified atom stereocenters. The maximum absolute atomic E-state index is 13.9. The third-order valence-corrected chi connectivity index (χ3v) is 9.55. The van der Waals surface area contributed by atoms with Gasteiger partial charge in [-0.25, -0.2) is 0 Å². The van der Waals surface area contributed by atoms with Crippen LogP contribution in [-0.2, 0) is 9.59 Å². The van der Waals surface area contributed by atoms with E-state index in [9.17, 15) is 24.9 Å². The zero-order chi connectivity index (χ0) is 32.9. The number of para-hydroxylation sites is 2. The van der Waals surface area contributed by atoms with Crippen molar-refractivity contribution in [2.45, 2.75) is 25.4 Å². The minimum atomic E-state index is -1.03. The van der Waals surface area contributed by atoms with Crippen LogP contribution in [0.5, 0.6) is 11.5 Å². The minimum Gasteiger partial charge on any atom is -0.507 e. The monoisotopic (exact) mass is 693 g/mol. The van der Waals surface area contributed by atoms with E-state index >= 15 is 0 Å². The summed E-state index contributed by atoms with van der Waals surface area (Å²) in [5, 5.41) is 33.3. The van der Waals surface area contributed by atoms with E-state index in [1.807, 2.05) is 78.9 Å². The number of benzene rings is 4. The Labute approximate surface area is 282 Å². The average molecular weight is 695 g/mol. The van der Waals surface area contributed by atoms with Gasteiger partial charge in [-0.3, -0.25) is 14.5 Å². The number of fused-ring (bicyclic) bond motifs is 1. The number of carbonyl (C=O) groups excluding carboxylic acids is 2. The number of halogens is 1. The van der Waals surface area contributed by atoms with Crippen molar-refractivity contribution in [2.24, 2.45) is 17.8 Å². The van der Waals surface area contributed by atoms with Gasteiger partial charge < -0.3 is 20.1 Å². The lowest BCUT2D eigenvalue weighted by molar-refractivity contribution is -0.123. The predicted octanol–water partition coefficient (Wildman–Crippen LogP) is 7.03. The highest BCUT2D eigenvalue weighted by Gasteiger charge is 2.55. The maximum Gasteiger partial charge on any atom is 0.238 e. The molecular weight excluding hydrogens is 658 g/mol. The zero-order valence-electron chi connectivity index (χ0n) is 25.7. The summed E-state index contributed by atoms with van der Waals surface area (Å²) in [5.41, 5.74) is 4.24. The molecule has 4 aromatic rings. The van der Waals surface area contributed by atoms with E-state index < -0.39 is 30.5 Å². The Morgan fingerprint density at radius 3 is 2.26 bits per heavy atom. The molecule has 2 amide bonds. The van der Waals surface area contributed by atoms with Crippen molar-refractivity contribution in [2.75, 3.05) is 18.1 Å². The first-order chi connectivity index (χ1) is 22.9. The normalized spacial score (nSPS) is 20.4. The molecular formula is C39H36BrNO6. The van der Waals surface area contributed by atoms with E-state index in [2.05, 4.69) is 15.9 Å². The number of aliphatic hydroxyl groups excluding tert-OH is 2. The molecule has 4 atom stereocenters. The quantitative estimate of drug-likeness (QED) is 0.0885. The summed E-state index contributed by atoms with van der Waals surface area (Å²) >= 11 is 3.48. The number of allylic oxidation sites excluding steroid dienone is 1. The standard InChI is InChI=1S/C39H36BrNO6/c40-29-17-19-34(43)27(21-29)20-26(25-10-4-1-5-11-25)16-18-35(44)36-28(24-47-31-14-8-3-9-15-31)22-32-37(33(36)23-42)39(46)41(38(32)45)30-12-6-2-7-13-30/h1-15,17,19-21,32-33,35,37,42-44H,16,18,22-24H2/b26-20-/t32-,33+,35-,37-/m1/s1. The number of imide groups is 1. The van der Waals surface area contributed by atoms with Crippen LogP contribution < -0.4 is 9.64 Å². The third kappa shape index (κ3) is 6.95. The summed E-state index contributed by atoms with van der Waals surface area (Å²) in [6.07, 6.45) is 1.83. The Morgan fingerprint density at radius 2 is 1.57 bits per heavy atom. The first-order valence-corrected chi connectivity index (χ1v) is 16.5. The summed E-state index contributed by atoms with van der Waals surface area (Å²) in [4.78, 5) is 28.9. The minimum absolute atomic E-state index is 0.107. The first-order valence-electron chi connectivity index (χ1n) is 15.7. The van der Waals surface area contributed by atoms with Gasteiger partial charge in [0.05, 0.1) is 30.2 Å². The number of ether oxygens (including phenoxy) is 1. The van der Waals surface area contributed by atoms with Gasteiger partial charge >= 0.3 is 0 Å². The molecule has 8 heteroatoms. The Balaban J connectivity index is 1.34. The first kappa shape index (κ1) is 32.4. The Bertz CT molecular complexity index is 1790. The van der Waals surface area contributed by atoms with Crippen LogP contribution >= 0.6 is 15.9 Å². The van der Waals surface area contributed by atoms with Crippen molar-refractivity contribution in [1.29, 1.82) is 0 Å². The lowest BCUT2D eigenvalue weighted by atomic mass is 9.68.